The Morgan fingerprint density at radius 3 is 2.54 bits per heavy atom. The van der Waals surface area contributed by atoms with Crippen LogP contribution < -0.4 is 5.32 Å². The van der Waals surface area contributed by atoms with E-state index in [1.807, 2.05) is 12.1 Å². The Labute approximate surface area is 157 Å². The molecule has 1 N–H and O–H groups in total. The maximum absolute atomic E-state index is 12.5. The topological polar surface area (TPSA) is 45.5 Å². The summed E-state index contributed by atoms with van der Waals surface area (Å²) < 4.78 is 5.31. The lowest BCUT2D eigenvalue weighted by Gasteiger charge is -2.48. The number of fused-ring (bicyclic) bond motifs is 2. The van der Waals surface area contributed by atoms with E-state index in [-0.39, 0.29) is 5.91 Å². The van der Waals surface area contributed by atoms with Crippen molar-refractivity contribution in [3.05, 3.63) is 24.2 Å². The molecule has 1 aromatic rings. The maximum Gasteiger partial charge on any atom is 0.220 e. The first-order chi connectivity index (χ1) is 12.8. The zero-order valence-electron chi connectivity index (χ0n) is 16.0. The standard InChI is InChI=1S/C22H34N2O2/c25-22(23-13-20-10-5-11-26-20)12-21-18-8-4-9-19(21)16-24(15-18)14-17-6-2-1-3-7-17/h5,10-11,17-19,21H,1-4,6-9,12-16H2,(H,23,25). The van der Waals surface area contributed by atoms with Gasteiger partial charge in [-0.15, -0.1) is 0 Å². The van der Waals surface area contributed by atoms with Gasteiger partial charge in [0.05, 0.1) is 12.8 Å². The lowest BCUT2D eigenvalue weighted by molar-refractivity contribution is -0.124. The van der Waals surface area contributed by atoms with Gasteiger partial charge in [-0.1, -0.05) is 25.7 Å². The molecule has 4 nitrogen and oxygen atoms in total. The number of amides is 1. The Bertz CT molecular complexity index is 551. The molecule has 2 heterocycles. The van der Waals surface area contributed by atoms with Gasteiger partial charge >= 0.3 is 0 Å². The van der Waals surface area contributed by atoms with Crippen LogP contribution in [0.2, 0.25) is 0 Å². The molecule has 0 aromatic carbocycles. The summed E-state index contributed by atoms with van der Waals surface area (Å²) in [5, 5.41) is 3.05. The number of piperidine rings is 1. The van der Waals surface area contributed by atoms with E-state index in [1.54, 1.807) is 6.26 Å². The van der Waals surface area contributed by atoms with Crippen molar-refractivity contribution in [1.29, 1.82) is 0 Å². The molecule has 1 saturated heterocycles. The van der Waals surface area contributed by atoms with E-state index in [2.05, 4.69) is 10.2 Å². The summed E-state index contributed by atoms with van der Waals surface area (Å²) in [4.78, 5) is 15.2. The summed E-state index contributed by atoms with van der Waals surface area (Å²) in [6.07, 6.45) is 13.5. The van der Waals surface area contributed by atoms with Crippen molar-refractivity contribution in [3.63, 3.8) is 0 Å². The first-order valence-corrected chi connectivity index (χ1v) is 10.8. The molecular formula is C22H34N2O2. The summed E-state index contributed by atoms with van der Waals surface area (Å²) in [5.41, 5.74) is 0. The SMILES string of the molecule is O=C(CC1C2CCCC1CN(CC1CCCCC1)C2)NCc1ccco1. The van der Waals surface area contributed by atoms with Crippen molar-refractivity contribution in [1.82, 2.24) is 10.2 Å². The van der Waals surface area contributed by atoms with Crippen LogP contribution in [0.5, 0.6) is 0 Å². The normalized spacial score (nSPS) is 30.2. The van der Waals surface area contributed by atoms with Gasteiger partial charge in [0, 0.05) is 26.1 Å². The molecule has 26 heavy (non-hydrogen) atoms. The molecule has 0 radical (unpaired) electrons. The van der Waals surface area contributed by atoms with Gasteiger partial charge in [-0.3, -0.25) is 4.79 Å². The summed E-state index contributed by atoms with van der Waals surface area (Å²) >= 11 is 0. The molecule has 2 saturated carbocycles. The Hall–Kier alpha value is -1.29. The van der Waals surface area contributed by atoms with Gasteiger partial charge in [-0.25, -0.2) is 0 Å². The van der Waals surface area contributed by atoms with Gasteiger partial charge in [0.15, 0.2) is 0 Å². The number of furan rings is 1. The minimum absolute atomic E-state index is 0.198. The van der Waals surface area contributed by atoms with E-state index in [4.69, 9.17) is 4.42 Å². The second kappa shape index (κ2) is 8.60. The molecule has 2 bridgehead atoms. The number of rotatable bonds is 6. The fourth-order valence-electron chi connectivity index (χ4n) is 5.75. The van der Waals surface area contributed by atoms with Crippen LogP contribution in [0.15, 0.2) is 22.8 Å². The highest BCUT2D eigenvalue weighted by Gasteiger charge is 2.40. The van der Waals surface area contributed by atoms with Crippen LogP contribution in [-0.2, 0) is 11.3 Å². The molecule has 3 aliphatic rings. The third kappa shape index (κ3) is 4.51. The van der Waals surface area contributed by atoms with Crippen LogP contribution in [0.4, 0.5) is 0 Å². The number of nitrogens with zero attached hydrogens (tertiary/aromatic N) is 1. The van der Waals surface area contributed by atoms with E-state index >= 15 is 0 Å². The largest absolute Gasteiger partial charge is 0.467 e. The van der Waals surface area contributed by atoms with Crippen LogP contribution in [0.3, 0.4) is 0 Å². The maximum atomic E-state index is 12.5. The summed E-state index contributed by atoms with van der Waals surface area (Å²) in [6, 6.07) is 3.78. The molecule has 0 spiro atoms. The first-order valence-electron chi connectivity index (χ1n) is 10.8. The van der Waals surface area contributed by atoms with Crippen LogP contribution in [0.1, 0.15) is 63.5 Å². The first kappa shape index (κ1) is 18.1. The highest BCUT2D eigenvalue weighted by atomic mass is 16.3. The van der Waals surface area contributed by atoms with Gasteiger partial charge in [0.25, 0.3) is 0 Å². The minimum Gasteiger partial charge on any atom is -0.467 e. The van der Waals surface area contributed by atoms with E-state index in [1.165, 1.54) is 71.0 Å². The zero-order chi connectivity index (χ0) is 17.8. The summed E-state index contributed by atoms with van der Waals surface area (Å²) in [6.45, 7) is 4.28. The molecule has 3 fully saturated rings. The fourth-order valence-corrected chi connectivity index (χ4v) is 5.75. The molecule has 1 aliphatic heterocycles. The van der Waals surface area contributed by atoms with Crippen molar-refractivity contribution in [3.8, 4) is 0 Å². The average Bonchev–Trinajstić information content (AvgIpc) is 3.15. The van der Waals surface area contributed by atoms with Gasteiger partial charge in [-0.05, 0) is 61.5 Å². The van der Waals surface area contributed by atoms with Crippen molar-refractivity contribution in [2.75, 3.05) is 19.6 Å². The predicted molar refractivity (Wildman–Crippen MR) is 103 cm³/mol. The second-order valence-corrected chi connectivity index (χ2v) is 8.90. The van der Waals surface area contributed by atoms with Gasteiger partial charge in [-0.2, -0.15) is 0 Å². The molecule has 2 atom stereocenters. The number of likely N-dealkylation sites (tertiary alicyclic amines) is 1. The van der Waals surface area contributed by atoms with Crippen molar-refractivity contribution in [2.24, 2.45) is 23.7 Å². The number of carbonyl (C=O) groups is 1. The third-order valence-corrected chi connectivity index (χ3v) is 7.05. The van der Waals surface area contributed by atoms with E-state index in [9.17, 15) is 4.79 Å². The average molecular weight is 359 g/mol. The van der Waals surface area contributed by atoms with Crippen LogP contribution in [0.25, 0.3) is 0 Å². The second-order valence-electron chi connectivity index (χ2n) is 8.90. The Morgan fingerprint density at radius 1 is 1.08 bits per heavy atom. The molecule has 1 amide bonds. The van der Waals surface area contributed by atoms with E-state index in [0.29, 0.717) is 18.9 Å². The molecule has 144 valence electrons. The smallest absolute Gasteiger partial charge is 0.220 e. The van der Waals surface area contributed by atoms with Crippen molar-refractivity contribution in [2.45, 2.75) is 64.3 Å². The number of carbonyl (C=O) groups excluding carboxylic acids is 1. The molecule has 2 unspecified atom stereocenters. The lowest BCUT2D eigenvalue weighted by atomic mass is 9.67. The highest BCUT2D eigenvalue weighted by Crippen LogP contribution is 2.42. The Morgan fingerprint density at radius 2 is 1.85 bits per heavy atom. The summed E-state index contributed by atoms with van der Waals surface area (Å²) in [5.74, 6) is 3.99. The van der Waals surface area contributed by atoms with Gasteiger partial charge in [0.1, 0.15) is 5.76 Å². The monoisotopic (exact) mass is 358 g/mol. The van der Waals surface area contributed by atoms with Crippen molar-refractivity contribution >= 4 is 5.91 Å². The molecule has 1 aromatic heterocycles. The fraction of sp³-hybridized carbons (Fsp3) is 0.773. The summed E-state index contributed by atoms with van der Waals surface area (Å²) in [7, 11) is 0. The molecule has 4 rings (SSSR count). The number of nitrogens with one attached hydrogen (secondary N) is 1. The minimum atomic E-state index is 0.198. The van der Waals surface area contributed by atoms with Gasteiger partial charge in [0.2, 0.25) is 5.91 Å². The number of hydrogen-bond donors (Lipinski definition) is 1. The highest BCUT2D eigenvalue weighted by molar-refractivity contribution is 5.76. The Balaban J connectivity index is 1.28. The third-order valence-electron chi connectivity index (χ3n) is 7.05. The predicted octanol–water partition coefficient (Wildman–Crippen LogP) is 4.21. The number of hydrogen-bond acceptors (Lipinski definition) is 3. The van der Waals surface area contributed by atoms with E-state index < -0.39 is 0 Å². The molecular weight excluding hydrogens is 324 g/mol. The quantitative estimate of drug-likeness (QED) is 0.828. The molecule has 4 heteroatoms. The van der Waals surface area contributed by atoms with Crippen molar-refractivity contribution < 1.29 is 9.21 Å². The van der Waals surface area contributed by atoms with Crippen LogP contribution >= 0.6 is 0 Å². The Kier molecular flexibility index (Phi) is 5.98. The van der Waals surface area contributed by atoms with Gasteiger partial charge < -0.3 is 14.6 Å². The molecule has 2 aliphatic carbocycles. The van der Waals surface area contributed by atoms with Crippen LogP contribution in [0, 0.1) is 23.7 Å². The van der Waals surface area contributed by atoms with Crippen LogP contribution in [-0.4, -0.2) is 30.4 Å². The van der Waals surface area contributed by atoms with E-state index in [0.717, 1.165) is 23.5 Å². The lowest BCUT2D eigenvalue weighted by Crippen LogP contribution is -2.50. The zero-order valence-corrected chi connectivity index (χ0v) is 16.0.